The van der Waals surface area contributed by atoms with Crippen molar-refractivity contribution in [2.45, 2.75) is 18.7 Å². The van der Waals surface area contributed by atoms with Gasteiger partial charge in [0.1, 0.15) is 0 Å². The molecule has 0 radical (unpaired) electrons. The maximum Gasteiger partial charge on any atom is 0.243 e. The van der Waals surface area contributed by atoms with Crippen molar-refractivity contribution in [2.24, 2.45) is 0 Å². The molecule has 1 aliphatic heterocycles. The molecule has 0 spiro atoms. The summed E-state index contributed by atoms with van der Waals surface area (Å²) in [6.07, 6.45) is 0. The van der Waals surface area contributed by atoms with Gasteiger partial charge in [-0.2, -0.15) is 4.31 Å². The van der Waals surface area contributed by atoms with Gasteiger partial charge in [-0.05, 0) is 37.6 Å². The summed E-state index contributed by atoms with van der Waals surface area (Å²) in [4.78, 5) is 13.9. The molecule has 0 N–H and O–H groups in total. The molecule has 0 aromatic heterocycles. The van der Waals surface area contributed by atoms with Crippen LogP contribution in [0.2, 0.25) is 0 Å². The number of carbonyl (C=O) groups excluding carboxylic acids is 1. The molecule has 1 aliphatic rings. The predicted octanol–water partition coefficient (Wildman–Crippen LogP) is 2.71. The fraction of sp³-hybridized carbons (Fsp3) is 0.316. The van der Waals surface area contributed by atoms with Crippen LogP contribution in [0.25, 0.3) is 0 Å². The summed E-state index contributed by atoms with van der Waals surface area (Å²) in [7, 11) is -3.58. The number of benzene rings is 2. The van der Waals surface area contributed by atoms with Gasteiger partial charge in [0, 0.05) is 37.4 Å². The Hall–Kier alpha value is -2.18. The van der Waals surface area contributed by atoms with Crippen molar-refractivity contribution in [3.8, 4) is 0 Å². The standard InChI is InChI=1S/C19H22N2O3S/c1-15-6-3-4-9-19(15)20-10-12-21(13-11-20)25(23,24)18-8-5-7-17(14-18)16(2)22/h3-9,14H,10-13H2,1-2H3. The topological polar surface area (TPSA) is 57.7 Å². The van der Waals surface area contributed by atoms with Crippen LogP contribution in [-0.2, 0) is 10.0 Å². The highest BCUT2D eigenvalue weighted by atomic mass is 32.2. The monoisotopic (exact) mass is 358 g/mol. The lowest BCUT2D eigenvalue weighted by Gasteiger charge is -2.36. The van der Waals surface area contributed by atoms with Crippen LogP contribution in [0.15, 0.2) is 53.4 Å². The van der Waals surface area contributed by atoms with E-state index >= 15 is 0 Å². The summed E-state index contributed by atoms with van der Waals surface area (Å²) >= 11 is 0. The normalized spacial score (nSPS) is 16.0. The van der Waals surface area contributed by atoms with Crippen LogP contribution in [0.1, 0.15) is 22.8 Å². The van der Waals surface area contributed by atoms with Gasteiger partial charge in [0.15, 0.2) is 5.78 Å². The Bertz CT molecular complexity index is 885. The van der Waals surface area contributed by atoms with Crippen LogP contribution in [0, 0.1) is 6.92 Å². The molecule has 0 amide bonds. The molecule has 132 valence electrons. The van der Waals surface area contributed by atoms with Crippen molar-refractivity contribution >= 4 is 21.5 Å². The fourth-order valence-electron chi connectivity index (χ4n) is 3.11. The molecule has 1 heterocycles. The Morgan fingerprint density at radius 3 is 2.28 bits per heavy atom. The molecule has 1 saturated heterocycles. The Morgan fingerprint density at radius 1 is 0.960 bits per heavy atom. The lowest BCUT2D eigenvalue weighted by Crippen LogP contribution is -2.48. The lowest BCUT2D eigenvalue weighted by atomic mass is 10.1. The zero-order valence-electron chi connectivity index (χ0n) is 14.5. The minimum atomic E-state index is -3.58. The van der Waals surface area contributed by atoms with Crippen molar-refractivity contribution in [1.29, 1.82) is 0 Å². The number of carbonyl (C=O) groups is 1. The van der Waals surface area contributed by atoms with Crippen LogP contribution < -0.4 is 4.90 Å². The number of para-hydroxylation sites is 1. The van der Waals surface area contributed by atoms with Crippen molar-refractivity contribution in [1.82, 2.24) is 4.31 Å². The number of Topliss-reactive ketones (excluding diaryl/α,β-unsaturated/α-hetero) is 1. The van der Waals surface area contributed by atoms with Gasteiger partial charge in [-0.25, -0.2) is 8.42 Å². The van der Waals surface area contributed by atoms with Gasteiger partial charge in [0.2, 0.25) is 10.0 Å². The molecule has 0 saturated carbocycles. The number of nitrogens with zero attached hydrogens (tertiary/aromatic N) is 2. The molecule has 5 nitrogen and oxygen atoms in total. The smallest absolute Gasteiger partial charge is 0.243 e. The summed E-state index contributed by atoms with van der Waals surface area (Å²) < 4.78 is 27.2. The molecule has 3 rings (SSSR count). The number of piperazine rings is 1. The second-order valence-electron chi connectivity index (χ2n) is 6.26. The molecule has 6 heteroatoms. The Morgan fingerprint density at radius 2 is 1.64 bits per heavy atom. The number of ketones is 1. The van der Waals surface area contributed by atoms with Crippen LogP contribution in [0.5, 0.6) is 0 Å². The molecule has 1 fully saturated rings. The summed E-state index contributed by atoms with van der Waals surface area (Å²) in [5, 5.41) is 0. The first-order valence-corrected chi connectivity index (χ1v) is 9.75. The fourth-order valence-corrected chi connectivity index (χ4v) is 4.58. The average molecular weight is 358 g/mol. The third kappa shape index (κ3) is 3.60. The van der Waals surface area contributed by atoms with Crippen molar-refractivity contribution in [3.05, 3.63) is 59.7 Å². The first kappa shape index (κ1) is 17.6. The van der Waals surface area contributed by atoms with E-state index in [0.717, 1.165) is 5.69 Å². The molecular formula is C19H22N2O3S. The third-order valence-corrected chi connectivity index (χ3v) is 6.47. The number of anilines is 1. The van der Waals surface area contributed by atoms with E-state index in [2.05, 4.69) is 24.0 Å². The molecule has 2 aromatic carbocycles. The Labute approximate surface area is 148 Å². The van der Waals surface area contributed by atoms with Crippen LogP contribution in [0.3, 0.4) is 0 Å². The molecule has 0 bridgehead atoms. The maximum atomic E-state index is 12.9. The third-order valence-electron chi connectivity index (χ3n) is 4.57. The highest BCUT2D eigenvalue weighted by molar-refractivity contribution is 7.89. The Kier molecular flexibility index (Phi) is 4.92. The summed E-state index contributed by atoms with van der Waals surface area (Å²) in [6.45, 7) is 5.66. The number of hydrogen-bond donors (Lipinski definition) is 0. The highest BCUT2D eigenvalue weighted by Crippen LogP contribution is 2.24. The summed E-state index contributed by atoms with van der Waals surface area (Å²) in [6, 6.07) is 14.4. The SMILES string of the molecule is CC(=O)c1cccc(S(=O)(=O)N2CCN(c3ccccc3C)CC2)c1. The Balaban J connectivity index is 1.77. The van der Waals surface area contributed by atoms with Gasteiger partial charge < -0.3 is 4.90 Å². The molecule has 0 aliphatic carbocycles. The van der Waals surface area contributed by atoms with E-state index in [9.17, 15) is 13.2 Å². The number of aryl methyl sites for hydroxylation is 1. The van der Waals surface area contributed by atoms with E-state index in [0.29, 0.717) is 31.7 Å². The van der Waals surface area contributed by atoms with E-state index in [1.807, 2.05) is 12.1 Å². The predicted molar refractivity (Wildman–Crippen MR) is 98.6 cm³/mol. The highest BCUT2D eigenvalue weighted by Gasteiger charge is 2.29. The number of rotatable bonds is 4. The second kappa shape index (κ2) is 6.98. The van der Waals surface area contributed by atoms with E-state index in [1.165, 1.54) is 22.9 Å². The van der Waals surface area contributed by atoms with Crippen LogP contribution in [-0.4, -0.2) is 44.7 Å². The number of sulfonamides is 1. The van der Waals surface area contributed by atoms with Crippen LogP contribution >= 0.6 is 0 Å². The van der Waals surface area contributed by atoms with Gasteiger partial charge >= 0.3 is 0 Å². The van der Waals surface area contributed by atoms with Crippen LogP contribution in [0.4, 0.5) is 5.69 Å². The van der Waals surface area contributed by atoms with Gasteiger partial charge in [0.25, 0.3) is 0 Å². The van der Waals surface area contributed by atoms with Gasteiger partial charge in [-0.1, -0.05) is 30.3 Å². The maximum absolute atomic E-state index is 12.9. The zero-order valence-corrected chi connectivity index (χ0v) is 15.3. The molecule has 0 atom stereocenters. The van der Waals surface area contributed by atoms with Crippen molar-refractivity contribution in [2.75, 3.05) is 31.1 Å². The minimum absolute atomic E-state index is 0.138. The molecular weight excluding hydrogens is 336 g/mol. The van der Waals surface area contributed by atoms with Gasteiger partial charge in [0.05, 0.1) is 4.90 Å². The second-order valence-corrected chi connectivity index (χ2v) is 8.20. The van der Waals surface area contributed by atoms with E-state index in [4.69, 9.17) is 0 Å². The molecule has 25 heavy (non-hydrogen) atoms. The largest absolute Gasteiger partial charge is 0.369 e. The summed E-state index contributed by atoms with van der Waals surface area (Å²) in [5.74, 6) is -0.138. The van der Waals surface area contributed by atoms with E-state index < -0.39 is 10.0 Å². The lowest BCUT2D eigenvalue weighted by molar-refractivity contribution is 0.101. The first-order chi connectivity index (χ1) is 11.9. The number of hydrogen-bond acceptors (Lipinski definition) is 4. The van der Waals surface area contributed by atoms with Crippen molar-refractivity contribution < 1.29 is 13.2 Å². The molecule has 2 aromatic rings. The average Bonchev–Trinajstić information content (AvgIpc) is 2.62. The minimum Gasteiger partial charge on any atom is -0.369 e. The van der Waals surface area contributed by atoms with Gasteiger partial charge in [-0.3, -0.25) is 4.79 Å². The van der Waals surface area contributed by atoms with Crippen molar-refractivity contribution in [3.63, 3.8) is 0 Å². The quantitative estimate of drug-likeness (QED) is 0.789. The van der Waals surface area contributed by atoms with Gasteiger partial charge in [-0.15, -0.1) is 0 Å². The molecule has 0 unspecified atom stereocenters. The zero-order chi connectivity index (χ0) is 18.0. The van der Waals surface area contributed by atoms with E-state index in [1.54, 1.807) is 18.2 Å². The van der Waals surface area contributed by atoms with E-state index in [-0.39, 0.29) is 10.7 Å². The first-order valence-electron chi connectivity index (χ1n) is 8.31. The summed E-state index contributed by atoms with van der Waals surface area (Å²) in [5.41, 5.74) is 2.76.